The highest BCUT2D eigenvalue weighted by Gasteiger charge is 2.25. The van der Waals surface area contributed by atoms with Gasteiger partial charge in [0, 0.05) is 37.4 Å². The minimum atomic E-state index is -0.361. The smallest absolute Gasteiger partial charge is 0.289 e. The predicted octanol–water partition coefficient (Wildman–Crippen LogP) is 3.62. The van der Waals surface area contributed by atoms with Gasteiger partial charge in [-0.2, -0.15) is 0 Å². The van der Waals surface area contributed by atoms with E-state index in [0.29, 0.717) is 43.2 Å². The van der Waals surface area contributed by atoms with Gasteiger partial charge in [0.15, 0.2) is 5.76 Å². The molecule has 8 heteroatoms. The number of hydrogen-bond acceptors (Lipinski definition) is 4. The first-order chi connectivity index (χ1) is 15.0. The molecule has 0 aliphatic carbocycles. The van der Waals surface area contributed by atoms with E-state index >= 15 is 0 Å². The van der Waals surface area contributed by atoms with Crippen molar-refractivity contribution in [3.63, 3.8) is 0 Å². The first-order valence-corrected chi connectivity index (χ1v) is 9.91. The molecule has 6 nitrogen and oxygen atoms in total. The van der Waals surface area contributed by atoms with E-state index in [0.717, 1.165) is 0 Å². The lowest BCUT2D eigenvalue weighted by Crippen LogP contribution is -2.50. The quantitative estimate of drug-likeness (QED) is 0.678. The van der Waals surface area contributed by atoms with Gasteiger partial charge in [-0.1, -0.05) is 0 Å². The van der Waals surface area contributed by atoms with Crippen LogP contribution in [0.1, 0.15) is 10.6 Å². The van der Waals surface area contributed by atoms with Gasteiger partial charge in [0.25, 0.3) is 5.91 Å². The van der Waals surface area contributed by atoms with Gasteiger partial charge < -0.3 is 14.6 Å². The Morgan fingerprint density at radius 3 is 2.10 bits per heavy atom. The fourth-order valence-electron chi connectivity index (χ4n) is 3.42. The van der Waals surface area contributed by atoms with Gasteiger partial charge >= 0.3 is 0 Å². The molecule has 1 N–H and O–H groups in total. The molecule has 2 heterocycles. The number of carbonyl (C=O) groups is 2. The van der Waals surface area contributed by atoms with E-state index in [9.17, 15) is 18.4 Å². The summed E-state index contributed by atoms with van der Waals surface area (Å²) in [5.74, 6) is -0.387. The van der Waals surface area contributed by atoms with Crippen molar-refractivity contribution < 1.29 is 22.8 Å². The Bertz CT molecular complexity index is 1060. The highest BCUT2D eigenvalue weighted by molar-refractivity contribution is 5.93. The zero-order valence-corrected chi connectivity index (χ0v) is 16.7. The summed E-state index contributed by atoms with van der Waals surface area (Å²) in [4.78, 5) is 28.6. The Balaban J connectivity index is 1.28. The fourth-order valence-corrected chi connectivity index (χ4v) is 3.42. The first kappa shape index (κ1) is 20.7. The van der Waals surface area contributed by atoms with Crippen LogP contribution >= 0.6 is 0 Å². The van der Waals surface area contributed by atoms with Crippen LogP contribution in [-0.4, -0.2) is 54.3 Å². The largest absolute Gasteiger partial charge is 0.451 e. The average molecular weight is 425 g/mol. The minimum absolute atomic E-state index is 0.189. The number of carbonyl (C=O) groups excluding carboxylic acids is 2. The molecule has 1 aliphatic heterocycles. The van der Waals surface area contributed by atoms with Crippen molar-refractivity contribution in [3.8, 4) is 11.3 Å². The average Bonchev–Trinajstić information content (AvgIpc) is 3.26. The van der Waals surface area contributed by atoms with Crippen LogP contribution in [-0.2, 0) is 4.79 Å². The molecule has 31 heavy (non-hydrogen) atoms. The number of halogens is 2. The molecule has 2 aromatic carbocycles. The van der Waals surface area contributed by atoms with Crippen molar-refractivity contribution in [2.45, 2.75) is 0 Å². The van der Waals surface area contributed by atoms with Crippen LogP contribution in [0, 0.1) is 11.6 Å². The van der Waals surface area contributed by atoms with E-state index in [4.69, 9.17) is 4.42 Å². The Labute approximate surface area is 178 Å². The SMILES string of the molecule is O=C(CN1CCN(C(=O)c2ccc(-c3ccc(F)cc3)o2)CC1)Nc1ccc(F)cc1. The van der Waals surface area contributed by atoms with Crippen molar-refractivity contribution in [3.05, 3.63) is 78.1 Å². The first-order valence-electron chi connectivity index (χ1n) is 9.91. The molecule has 1 fully saturated rings. The maximum atomic E-state index is 13.1. The standard InChI is InChI=1S/C23H21F2N3O3/c24-17-3-1-16(2-4-17)20-9-10-21(31-20)23(30)28-13-11-27(12-14-28)15-22(29)26-19-7-5-18(25)6-8-19/h1-10H,11-15H2,(H,26,29). The number of amides is 2. The van der Waals surface area contributed by atoms with Crippen LogP contribution in [0.3, 0.4) is 0 Å². The molecule has 0 spiro atoms. The fraction of sp³-hybridized carbons (Fsp3) is 0.217. The molecule has 1 aromatic heterocycles. The van der Waals surface area contributed by atoms with Crippen LogP contribution in [0.25, 0.3) is 11.3 Å². The zero-order valence-electron chi connectivity index (χ0n) is 16.7. The van der Waals surface area contributed by atoms with Crippen LogP contribution in [0.4, 0.5) is 14.5 Å². The van der Waals surface area contributed by atoms with Crippen molar-refractivity contribution in [2.24, 2.45) is 0 Å². The molecule has 0 radical (unpaired) electrons. The summed E-state index contributed by atoms with van der Waals surface area (Å²) in [5, 5.41) is 2.73. The Morgan fingerprint density at radius 1 is 0.839 bits per heavy atom. The van der Waals surface area contributed by atoms with E-state index < -0.39 is 0 Å². The second kappa shape index (κ2) is 9.09. The number of nitrogens with zero attached hydrogens (tertiary/aromatic N) is 2. The maximum Gasteiger partial charge on any atom is 0.289 e. The monoisotopic (exact) mass is 425 g/mol. The van der Waals surface area contributed by atoms with Gasteiger partial charge in [0.05, 0.1) is 6.54 Å². The summed E-state index contributed by atoms with van der Waals surface area (Å²) in [7, 11) is 0. The second-order valence-corrected chi connectivity index (χ2v) is 7.29. The minimum Gasteiger partial charge on any atom is -0.451 e. The van der Waals surface area contributed by atoms with Gasteiger partial charge in [-0.05, 0) is 60.7 Å². The highest BCUT2D eigenvalue weighted by Crippen LogP contribution is 2.23. The van der Waals surface area contributed by atoms with Crippen molar-refractivity contribution >= 4 is 17.5 Å². The summed E-state index contributed by atoms with van der Waals surface area (Å²) in [6, 6.07) is 14.8. The molecule has 1 aliphatic rings. The van der Waals surface area contributed by atoms with Gasteiger partial charge in [0.2, 0.25) is 5.91 Å². The molecule has 4 rings (SSSR count). The van der Waals surface area contributed by atoms with E-state index in [2.05, 4.69) is 5.32 Å². The predicted molar refractivity (Wildman–Crippen MR) is 111 cm³/mol. The lowest BCUT2D eigenvalue weighted by molar-refractivity contribution is -0.117. The highest BCUT2D eigenvalue weighted by atomic mass is 19.1. The summed E-state index contributed by atoms with van der Waals surface area (Å²) in [5.41, 5.74) is 1.23. The Morgan fingerprint density at radius 2 is 1.45 bits per heavy atom. The molecule has 3 aromatic rings. The summed E-state index contributed by atoms with van der Waals surface area (Å²) >= 11 is 0. The maximum absolute atomic E-state index is 13.1. The summed E-state index contributed by atoms with van der Waals surface area (Å²) < 4.78 is 31.7. The summed E-state index contributed by atoms with van der Waals surface area (Å²) in [6.07, 6.45) is 0. The molecule has 0 bridgehead atoms. The third-order valence-corrected chi connectivity index (χ3v) is 5.10. The molecular weight excluding hydrogens is 404 g/mol. The molecular formula is C23H21F2N3O3. The third kappa shape index (κ3) is 5.16. The molecule has 1 saturated heterocycles. The second-order valence-electron chi connectivity index (χ2n) is 7.29. The Hall–Kier alpha value is -3.52. The molecule has 0 saturated carbocycles. The van der Waals surface area contributed by atoms with Crippen LogP contribution in [0.2, 0.25) is 0 Å². The Kier molecular flexibility index (Phi) is 6.08. The lowest BCUT2D eigenvalue weighted by Gasteiger charge is -2.33. The van der Waals surface area contributed by atoms with Crippen LogP contribution in [0.15, 0.2) is 65.1 Å². The summed E-state index contributed by atoms with van der Waals surface area (Å²) in [6.45, 7) is 2.22. The van der Waals surface area contributed by atoms with E-state index in [1.54, 1.807) is 29.2 Å². The molecule has 2 amide bonds. The third-order valence-electron chi connectivity index (χ3n) is 5.10. The number of hydrogen-bond donors (Lipinski definition) is 1. The van der Waals surface area contributed by atoms with E-state index in [1.165, 1.54) is 36.4 Å². The van der Waals surface area contributed by atoms with Crippen LogP contribution in [0.5, 0.6) is 0 Å². The number of furan rings is 1. The number of anilines is 1. The number of piperazine rings is 1. The molecule has 160 valence electrons. The normalized spacial score (nSPS) is 14.5. The van der Waals surface area contributed by atoms with Crippen LogP contribution < -0.4 is 5.32 Å². The number of nitrogens with one attached hydrogen (secondary N) is 1. The van der Waals surface area contributed by atoms with Crippen molar-refractivity contribution in [1.29, 1.82) is 0 Å². The van der Waals surface area contributed by atoms with Crippen molar-refractivity contribution in [2.75, 3.05) is 38.0 Å². The van der Waals surface area contributed by atoms with Gasteiger partial charge in [-0.15, -0.1) is 0 Å². The molecule has 0 atom stereocenters. The zero-order chi connectivity index (χ0) is 21.8. The van der Waals surface area contributed by atoms with Gasteiger partial charge in [-0.3, -0.25) is 14.5 Å². The van der Waals surface area contributed by atoms with E-state index in [1.807, 2.05) is 4.90 Å². The van der Waals surface area contributed by atoms with Gasteiger partial charge in [-0.25, -0.2) is 8.78 Å². The number of rotatable bonds is 5. The lowest BCUT2D eigenvalue weighted by atomic mass is 10.2. The number of benzene rings is 2. The van der Waals surface area contributed by atoms with Crippen molar-refractivity contribution in [1.82, 2.24) is 9.80 Å². The van der Waals surface area contributed by atoms with E-state index in [-0.39, 0.29) is 35.8 Å². The topological polar surface area (TPSA) is 65.8 Å². The molecule has 0 unspecified atom stereocenters. The van der Waals surface area contributed by atoms with Gasteiger partial charge in [0.1, 0.15) is 17.4 Å².